The molecular weight excluding hydrogens is 259 g/mol. The molecule has 106 valence electrons. The topological polar surface area (TPSA) is 32.7 Å². The van der Waals surface area contributed by atoms with Gasteiger partial charge < -0.3 is 9.84 Å². The van der Waals surface area contributed by atoms with E-state index in [0.717, 1.165) is 25.1 Å². The predicted molar refractivity (Wildman–Crippen MR) is 63.8 cm³/mol. The fourth-order valence-corrected chi connectivity index (χ4v) is 2.12. The fraction of sp³-hybridized carbons (Fsp3) is 0.538. The highest BCUT2D eigenvalue weighted by atomic mass is 19.4. The number of aromatic hydroxyl groups is 1. The maximum atomic E-state index is 12.7. The molecule has 0 atom stereocenters. The van der Waals surface area contributed by atoms with Crippen LogP contribution in [0.15, 0.2) is 18.2 Å². The van der Waals surface area contributed by atoms with Crippen molar-refractivity contribution in [3.63, 3.8) is 0 Å². The second-order valence-corrected chi connectivity index (χ2v) is 4.59. The van der Waals surface area contributed by atoms with E-state index in [0.29, 0.717) is 31.9 Å². The third-order valence-electron chi connectivity index (χ3n) is 3.09. The number of ether oxygens (including phenoxy) is 1. The first-order valence-electron chi connectivity index (χ1n) is 6.16. The van der Waals surface area contributed by atoms with Gasteiger partial charge in [0.05, 0.1) is 12.2 Å². The molecule has 0 radical (unpaired) electrons. The van der Waals surface area contributed by atoms with Crippen LogP contribution in [0.25, 0.3) is 0 Å². The molecule has 1 aliphatic heterocycles. The molecule has 1 aromatic rings. The van der Waals surface area contributed by atoms with Gasteiger partial charge in [-0.05, 0) is 24.1 Å². The lowest BCUT2D eigenvalue weighted by Crippen LogP contribution is -2.26. The Morgan fingerprint density at radius 1 is 1.21 bits per heavy atom. The average Bonchev–Trinajstić information content (AvgIpc) is 2.59. The molecule has 0 aromatic heterocycles. The maximum Gasteiger partial charge on any atom is 0.419 e. The highest BCUT2D eigenvalue weighted by Crippen LogP contribution is 2.36. The van der Waals surface area contributed by atoms with Crippen LogP contribution in [0.4, 0.5) is 13.2 Å². The highest BCUT2D eigenvalue weighted by Gasteiger charge is 2.34. The summed E-state index contributed by atoms with van der Waals surface area (Å²) in [6.45, 7) is 3.25. The van der Waals surface area contributed by atoms with Gasteiger partial charge in [0.2, 0.25) is 0 Å². The normalized spacial score (nSPS) is 18.3. The molecular formula is C13H16F3NO2. The number of hydrogen-bond acceptors (Lipinski definition) is 3. The molecule has 0 spiro atoms. The number of benzene rings is 1. The van der Waals surface area contributed by atoms with Crippen LogP contribution in [0.1, 0.15) is 17.5 Å². The van der Waals surface area contributed by atoms with Crippen molar-refractivity contribution in [1.29, 1.82) is 0 Å². The number of phenolic OH excluding ortho intramolecular Hbond substituents is 1. The summed E-state index contributed by atoms with van der Waals surface area (Å²) in [4.78, 5) is 2.06. The summed E-state index contributed by atoms with van der Waals surface area (Å²) in [7, 11) is 0. The van der Waals surface area contributed by atoms with E-state index in [-0.39, 0.29) is 0 Å². The van der Waals surface area contributed by atoms with E-state index >= 15 is 0 Å². The minimum atomic E-state index is -4.53. The van der Waals surface area contributed by atoms with Gasteiger partial charge in [0.1, 0.15) is 5.75 Å². The Morgan fingerprint density at radius 2 is 2.00 bits per heavy atom. The van der Waals surface area contributed by atoms with Gasteiger partial charge in [-0.15, -0.1) is 0 Å². The van der Waals surface area contributed by atoms with Gasteiger partial charge in [-0.3, -0.25) is 4.90 Å². The number of nitrogens with zero attached hydrogens (tertiary/aromatic N) is 1. The molecule has 6 heteroatoms. The second-order valence-electron chi connectivity index (χ2n) is 4.59. The molecule has 1 N–H and O–H groups in total. The van der Waals surface area contributed by atoms with Gasteiger partial charge in [0.25, 0.3) is 0 Å². The molecule has 0 amide bonds. The van der Waals surface area contributed by atoms with Gasteiger partial charge in [-0.2, -0.15) is 13.2 Å². The Bertz CT molecular complexity index is 426. The summed E-state index contributed by atoms with van der Waals surface area (Å²) in [5.74, 6) is -0.726. The van der Waals surface area contributed by atoms with E-state index in [2.05, 4.69) is 4.90 Å². The maximum absolute atomic E-state index is 12.7. The lowest BCUT2D eigenvalue weighted by Gasteiger charge is -2.20. The van der Waals surface area contributed by atoms with Gasteiger partial charge in [-0.25, -0.2) is 0 Å². The van der Waals surface area contributed by atoms with Crippen molar-refractivity contribution in [2.24, 2.45) is 0 Å². The minimum Gasteiger partial charge on any atom is -0.507 e. The van der Waals surface area contributed by atoms with E-state index in [9.17, 15) is 18.3 Å². The molecule has 1 heterocycles. The first-order chi connectivity index (χ1) is 8.97. The number of halogens is 3. The third kappa shape index (κ3) is 3.84. The zero-order valence-electron chi connectivity index (χ0n) is 10.4. The second kappa shape index (κ2) is 5.79. The zero-order chi connectivity index (χ0) is 13.9. The molecule has 1 fully saturated rings. The predicted octanol–water partition coefficient (Wildman–Crippen LogP) is 2.63. The number of rotatable bonds is 2. The fourth-order valence-electron chi connectivity index (χ4n) is 2.12. The van der Waals surface area contributed by atoms with Crippen LogP contribution in [0.3, 0.4) is 0 Å². The van der Waals surface area contributed by atoms with Crippen LogP contribution < -0.4 is 0 Å². The Morgan fingerprint density at radius 3 is 2.74 bits per heavy atom. The first kappa shape index (κ1) is 14.1. The van der Waals surface area contributed by atoms with Crippen LogP contribution >= 0.6 is 0 Å². The lowest BCUT2D eigenvalue weighted by atomic mass is 10.1. The summed E-state index contributed by atoms with van der Waals surface area (Å²) in [5.41, 5.74) is -0.428. The van der Waals surface area contributed by atoms with Crippen LogP contribution in [0, 0.1) is 0 Å². The average molecular weight is 275 g/mol. The van der Waals surface area contributed by atoms with Gasteiger partial charge >= 0.3 is 6.18 Å². The van der Waals surface area contributed by atoms with Crippen molar-refractivity contribution < 1.29 is 23.0 Å². The SMILES string of the molecule is Oc1ccc(CN2CCCOCC2)cc1C(F)(F)F. The summed E-state index contributed by atoms with van der Waals surface area (Å²) in [6.07, 6.45) is -3.65. The van der Waals surface area contributed by atoms with Crippen molar-refractivity contribution in [3.8, 4) is 5.75 Å². The quantitative estimate of drug-likeness (QED) is 0.900. The summed E-state index contributed by atoms with van der Waals surface area (Å²) in [6, 6.07) is 3.64. The molecule has 2 rings (SSSR count). The standard InChI is InChI=1S/C13H16F3NO2/c14-13(15,16)11-8-10(2-3-12(11)18)9-17-4-1-6-19-7-5-17/h2-3,8,18H,1,4-7,9H2. The van der Waals surface area contributed by atoms with Crippen molar-refractivity contribution in [2.45, 2.75) is 19.1 Å². The van der Waals surface area contributed by atoms with Crippen LogP contribution in [-0.4, -0.2) is 36.3 Å². The molecule has 1 aliphatic rings. The van der Waals surface area contributed by atoms with Gasteiger partial charge in [0.15, 0.2) is 0 Å². The van der Waals surface area contributed by atoms with E-state index in [1.165, 1.54) is 6.07 Å². The first-order valence-corrected chi connectivity index (χ1v) is 6.16. The number of hydrogen-bond donors (Lipinski definition) is 1. The lowest BCUT2D eigenvalue weighted by molar-refractivity contribution is -0.138. The molecule has 19 heavy (non-hydrogen) atoms. The number of alkyl halides is 3. The van der Waals surface area contributed by atoms with Gasteiger partial charge in [-0.1, -0.05) is 6.07 Å². The van der Waals surface area contributed by atoms with E-state index in [1.54, 1.807) is 0 Å². The smallest absolute Gasteiger partial charge is 0.419 e. The Labute approximate surface area is 109 Å². The van der Waals surface area contributed by atoms with Crippen molar-refractivity contribution in [1.82, 2.24) is 4.90 Å². The molecule has 0 bridgehead atoms. The highest BCUT2D eigenvalue weighted by molar-refractivity contribution is 5.38. The Hall–Kier alpha value is -1.27. The van der Waals surface area contributed by atoms with Crippen LogP contribution in [0.2, 0.25) is 0 Å². The molecule has 0 saturated carbocycles. The molecule has 1 saturated heterocycles. The molecule has 0 aliphatic carbocycles. The van der Waals surface area contributed by atoms with E-state index in [4.69, 9.17) is 4.74 Å². The number of phenols is 1. The van der Waals surface area contributed by atoms with Crippen molar-refractivity contribution in [3.05, 3.63) is 29.3 Å². The van der Waals surface area contributed by atoms with Crippen LogP contribution in [0.5, 0.6) is 5.75 Å². The van der Waals surface area contributed by atoms with E-state index in [1.807, 2.05) is 0 Å². The van der Waals surface area contributed by atoms with Crippen molar-refractivity contribution in [2.75, 3.05) is 26.3 Å². The summed E-state index contributed by atoms with van der Waals surface area (Å²) in [5, 5.41) is 9.27. The zero-order valence-corrected chi connectivity index (χ0v) is 10.4. The largest absolute Gasteiger partial charge is 0.507 e. The third-order valence-corrected chi connectivity index (χ3v) is 3.09. The molecule has 3 nitrogen and oxygen atoms in total. The molecule has 1 aromatic carbocycles. The molecule has 0 unspecified atom stereocenters. The van der Waals surface area contributed by atoms with Crippen molar-refractivity contribution >= 4 is 0 Å². The minimum absolute atomic E-state index is 0.437. The van der Waals surface area contributed by atoms with Gasteiger partial charge in [0, 0.05) is 26.2 Å². The van der Waals surface area contributed by atoms with E-state index < -0.39 is 17.5 Å². The monoisotopic (exact) mass is 275 g/mol. The summed E-state index contributed by atoms with van der Waals surface area (Å²) < 4.78 is 43.3. The Balaban J connectivity index is 2.12. The summed E-state index contributed by atoms with van der Waals surface area (Å²) >= 11 is 0. The Kier molecular flexibility index (Phi) is 4.31. The van der Waals surface area contributed by atoms with Crippen LogP contribution in [-0.2, 0) is 17.5 Å².